The maximum Gasteiger partial charge on any atom is 0.194 e. The summed E-state index contributed by atoms with van der Waals surface area (Å²) in [5.41, 5.74) is 1.46. The molecule has 2 fully saturated rings. The molecule has 3 rings (SSSR count). The van der Waals surface area contributed by atoms with Gasteiger partial charge in [-0.1, -0.05) is 18.0 Å². The number of guanidine groups is 1. The van der Waals surface area contributed by atoms with Crippen LogP contribution in [0.4, 0.5) is 0 Å². The van der Waals surface area contributed by atoms with Crippen LogP contribution in [0.1, 0.15) is 44.7 Å². The van der Waals surface area contributed by atoms with E-state index in [1.165, 1.54) is 32.1 Å². The van der Waals surface area contributed by atoms with Crippen molar-refractivity contribution >= 4 is 5.96 Å². The number of hydrogen-bond acceptors (Lipinski definition) is 3. The molecule has 20 heavy (non-hydrogen) atoms. The van der Waals surface area contributed by atoms with Gasteiger partial charge in [-0.3, -0.25) is 0 Å². The van der Waals surface area contributed by atoms with Crippen LogP contribution < -0.4 is 5.32 Å². The zero-order valence-electron chi connectivity index (χ0n) is 12.3. The van der Waals surface area contributed by atoms with Crippen LogP contribution in [-0.2, 0) is 6.54 Å². The van der Waals surface area contributed by atoms with Crippen molar-refractivity contribution in [2.24, 2.45) is 10.4 Å². The second-order valence-corrected chi connectivity index (χ2v) is 6.04. The standard InChI is InChI=1S/C15H24N4O/c1-2-16-14(17-11-13-5-10-20-18-13)19-9-8-15(12-19)6-3-4-7-15/h5,10H,2-4,6-9,11-12H2,1H3,(H,16,17). The Bertz CT molecular complexity index is 448. The van der Waals surface area contributed by atoms with E-state index in [0.717, 1.165) is 31.3 Å². The average Bonchev–Trinajstić information content (AvgIpc) is 3.18. The second-order valence-electron chi connectivity index (χ2n) is 6.04. The van der Waals surface area contributed by atoms with E-state index >= 15 is 0 Å². The first-order valence-electron chi connectivity index (χ1n) is 7.74. The maximum atomic E-state index is 4.86. The molecule has 0 aromatic carbocycles. The second kappa shape index (κ2) is 5.85. The molecule has 1 N–H and O–H groups in total. The highest BCUT2D eigenvalue weighted by Gasteiger charge is 2.41. The topological polar surface area (TPSA) is 53.7 Å². The fourth-order valence-electron chi connectivity index (χ4n) is 3.55. The molecule has 0 amide bonds. The summed E-state index contributed by atoms with van der Waals surface area (Å²) in [6, 6.07) is 1.87. The van der Waals surface area contributed by atoms with Crippen LogP contribution in [0.3, 0.4) is 0 Å². The smallest absolute Gasteiger partial charge is 0.194 e. The molecule has 1 aliphatic carbocycles. The van der Waals surface area contributed by atoms with Crippen LogP contribution in [0, 0.1) is 5.41 Å². The lowest BCUT2D eigenvalue weighted by atomic mass is 9.86. The number of hydrogen-bond donors (Lipinski definition) is 1. The first kappa shape index (κ1) is 13.5. The Morgan fingerprint density at radius 3 is 3.00 bits per heavy atom. The molecule has 0 radical (unpaired) electrons. The van der Waals surface area contributed by atoms with Gasteiger partial charge in [-0.05, 0) is 31.6 Å². The Balaban J connectivity index is 1.66. The summed E-state index contributed by atoms with van der Waals surface area (Å²) >= 11 is 0. The van der Waals surface area contributed by atoms with E-state index in [4.69, 9.17) is 9.52 Å². The summed E-state index contributed by atoms with van der Waals surface area (Å²) in [7, 11) is 0. The predicted molar refractivity (Wildman–Crippen MR) is 78.4 cm³/mol. The van der Waals surface area contributed by atoms with Crippen molar-refractivity contribution in [2.45, 2.75) is 45.6 Å². The van der Waals surface area contributed by atoms with Gasteiger partial charge in [-0.2, -0.15) is 0 Å². The van der Waals surface area contributed by atoms with E-state index in [1.807, 2.05) is 6.07 Å². The Morgan fingerprint density at radius 2 is 2.30 bits per heavy atom. The number of rotatable bonds is 3. The number of aromatic nitrogens is 1. The van der Waals surface area contributed by atoms with Gasteiger partial charge in [0, 0.05) is 25.7 Å². The zero-order chi connectivity index (χ0) is 13.8. The van der Waals surface area contributed by atoms with Crippen molar-refractivity contribution in [1.29, 1.82) is 0 Å². The maximum absolute atomic E-state index is 4.86. The Morgan fingerprint density at radius 1 is 1.45 bits per heavy atom. The van der Waals surface area contributed by atoms with E-state index in [1.54, 1.807) is 6.26 Å². The minimum Gasteiger partial charge on any atom is -0.364 e. The molecule has 1 saturated heterocycles. The zero-order valence-corrected chi connectivity index (χ0v) is 12.3. The molecule has 1 saturated carbocycles. The normalized spacial score (nSPS) is 21.9. The molecule has 0 atom stereocenters. The molecule has 0 unspecified atom stereocenters. The molecule has 110 valence electrons. The molecular formula is C15H24N4O. The van der Waals surface area contributed by atoms with Gasteiger partial charge in [0.25, 0.3) is 0 Å². The third-order valence-corrected chi connectivity index (χ3v) is 4.62. The number of nitrogens with zero attached hydrogens (tertiary/aromatic N) is 3. The highest BCUT2D eigenvalue weighted by molar-refractivity contribution is 5.80. The Kier molecular flexibility index (Phi) is 3.94. The highest BCUT2D eigenvalue weighted by Crippen LogP contribution is 2.45. The van der Waals surface area contributed by atoms with Gasteiger partial charge in [-0.25, -0.2) is 4.99 Å². The molecule has 1 spiro atoms. The quantitative estimate of drug-likeness (QED) is 0.680. The van der Waals surface area contributed by atoms with E-state index in [-0.39, 0.29) is 0 Å². The van der Waals surface area contributed by atoms with Crippen molar-refractivity contribution in [3.05, 3.63) is 18.0 Å². The first-order chi connectivity index (χ1) is 9.81. The van der Waals surface area contributed by atoms with Crippen molar-refractivity contribution in [3.63, 3.8) is 0 Å². The minimum absolute atomic E-state index is 0.573. The number of likely N-dealkylation sites (tertiary alicyclic amines) is 1. The summed E-state index contributed by atoms with van der Waals surface area (Å²) < 4.78 is 4.86. The number of nitrogens with one attached hydrogen (secondary N) is 1. The Labute approximate surface area is 120 Å². The van der Waals surface area contributed by atoms with Crippen molar-refractivity contribution in [3.8, 4) is 0 Å². The summed E-state index contributed by atoms with van der Waals surface area (Å²) in [5.74, 6) is 1.03. The van der Waals surface area contributed by atoms with Crippen LogP contribution in [0.5, 0.6) is 0 Å². The molecule has 0 bridgehead atoms. The van der Waals surface area contributed by atoms with Gasteiger partial charge in [0.2, 0.25) is 0 Å². The van der Waals surface area contributed by atoms with E-state index in [2.05, 4.69) is 22.3 Å². The van der Waals surface area contributed by atoms with Crippen molar-refractivity contribution in [1.82, 2.24) is 15.4 Å². The van der Waals surface area contributed by atoms with Crippen LogP contribution in [-0.4, -0.2) is 35.7 Å². The number of aliphatic imine (C=N–C) groups is 1. The van der Waals surface area contributed by atoms with Gasteiger partial charge in [-0.15, -0.1) is 0 Å². The lowest BCUT2D eigenvalue weighted by Crippen LogP contribution is -2.41. The SMILES string of the molecule is CCNC(=NCc1ccon1)N1CCC2(CCCC2)C1. The van der Waals surface area contributed by atoms with Gasteiger partial charge in [0.05, 0.1) is 6.54 Å². The largest absolute Gasteiger partial charge is 0.364 e. The molecule has 1 aromatic heterocycles. The minimum atomic E-state index is 0.573. The molecule has 5 heteroatoms. The van der Waals surface area contributed by atoms with Crippen LogP contribution in [0.25, 0.3) is 0 Å². The summed E-state index contributed by atoms with van der Waals surface area (Å²) in [4.78, 5) is 7.13. The fourth-order valence-corrected chi connectivity index (χ4v) is 3.55. The third kappa shape index (κ3) is 2.81. The monoisotopic (exact) mass is 276 g/mol. The van der Waals surface area contributed by atoms with E-state index in [0.29, 0.717) is 12.0 Å². The van der Waals surface area contributed by atoms with E-state index < -0.39 is 0 Å². The van der Waals surface area contributed by atoms with Crippen LogP contribution in [0.15, 0.2) is 21.8 Å². The van der Waals surface area contributed by atoms with Crippen molar-refractivity contribution < 1.29 is 4.52 Å². The van der Waals surface area contributed by atoms with Gasteiger partial charge in [0.1, 0.15) is 12.0 Å². The molecule has 1 aliphatic heterocycles. The van der Waals surface area contributed by atoms with Crippen LogP contribution >= 0.6 is 0 Å². The molecule has 1 aromatic rings. The first-order valence-corrected chi connectivity index (χ1v) is 7.74. The molecular weight excluding hydrogens is 252 g/mol. The summed E-state index contributed by atoms with van der Waals surface area (Å²) in [6.07, 6.45) is 8.52. The molecule has 2 aliphatic rings. The van der Waals surface area contributed by atoms with Gasteiger partial charge in [0.15, 0.2) is 5.96 Å². The van der Waals surface area contributed by atoms with Gasteiger partial charge < -0.3 is 14.7 Å². The lowest BCUT2D eigenvalue weighted by Gasteiger charge is -2.25. The lowest BCUT2D eigenvalue weighted by molar-refractivity contribution is 0.309. The summed E-state index contributed by atoms with van der Waals surface area (Å²) in [6.45, 7) is 5.90. The highest BCUT2D eigenvalue weighted by atomic mass is 16.5. The van der Waals surface area contributed by atoms with E-state index in [9.17, 15) is 0 Å². The Hall–Kier alpha value is -1.52. The molecule has 5 nitrogen and oxygen atoms in total. The third-order valence-electron chi connectivity index (χ3n) is 4.62. The predicted octanol–water partition coefficient (Wildman–Crippen LogP) is 2.41. The van der Waals surface area contributed by atoms with Gasteiger partial charge >= 0.3 is 0 Å². The fraction of sp³-hybridized carbons (Fsp3) is 0.733. The van der Waals surface area contributed by atoms with Crippen LogP contribution in [0.2, 0.25) is 0 Å². The van der Waals surface area contributed by atoms with Crippen molar-refractivity contribution in [2.75, 3.05) is 19.6 Å². The molecule has 2 heterocycles. The summed E-state index contributed by atoms with van der Waals surface area (Å²) in [5, 5.41) is 7.33. The average molecular weight is 276 g/mol.